The van der Waals surface area contributed by atoms with Crippen LogP contribution in [0.15, 0.2) is 30.3 Å². The molecule has 3 N–H and O–H groups in total. The zero-order valence-corrected chi connectivity index (χ0v) is 15.6. The molecule has 1 aliphatic rings. The number of phenols is 1. The Morgan fingerprint density at radius 1 is 1.27 bits per heavy atom. The summed E-state index contributed by atoms with van der Waals surface area (Å²) in [6, 6.07) is 8.61. The van der Waals surface area contributed by atoms with Gasteiger partial charge in [-0.05, 0) is 85.7 Å². The minimum Gasteiger partial charge on any atom is -0.508 e. The lowest BCUT2D eigenvalue weighted by Crippen LogP contribution is -2.47. The number of aryl methyl sites for hydroxylation is 3. The normalized spacial score (nSPS) is 14.7. The van der Waals surface area contributed by atoms with Crippen molar-refractivity contribution in [3.8, 4) is 11.5 Å². The molecular formula is C21H26N2O3. The van der Waals surface area contributed by atoms with Crippen LogP contribution in [0.3, 0.4) is 0 Å². The summed E-state index contributed by atoms with van der Waals surface area (Å²) in [5, 5.41) is 9.70. The van der Waals surface area contributed by atoms with Gasteiger partial charge in [0.2, 0.25) is 5.91 Å². The molecule has 0 fully saturated rings. The molecule has 2 aromatic rings. The summed E-state index contributed by atoms with van der Waals surface area (Å²) < 4.78 is 5.29. The van der Waals surface area contributed by atoms with Crippen molar-refractivity contribution in [2.24, 2.45) is 5.73 Å². The molecule has 1 amide bonds. The fourth-order valence-electron chi connectivity index (χ4n) is 3.73. The highest BCUT2D eigenvalue weighted by atomic mass is 16.5. The molecule has 0 radical (unpaired) electrons. The van der Waals surface area contributed by atoms with E-state index in [1.54, 1.807) is 24.1 Å². The van der Waals surface area contributed by atoms with Crippen molar-refractivity contribution in [1.29, 1.82) is 0 Å². The summed E-state index contributed by atoms with van der Waals surface area (Å²) in [4.78, 5) is 14.8. The molecule has 0 saturated carbocycles. The Balaban J connectivity index is 1.82. The molecule has 5 nitrogen and oxygen atoms in total. The SMILES string of the molecule is COc1ccc2c(c1)CCCN2C(=O)[C@@H](N)Cc1c(C)cc(O)cc1C. The number of rotatable bonds is 4. The molecule has 0 aliphatic carbocycles. The van der Waals surface area contributed by atoms with Gasteiger partial charge in [0, 0.05) is 12.2 Å². The molecule has 0 aromatic heterocycles. The highest BCUT2D eigenvalue weighted by molar-refractivity contribution is 5.98. The minimum atomic E-state index is -0.620. The first-order valence-corrected chi connectivity index (χ1v) is 8.93. The van der Waals surface area contributed by atoms with Crippen LogP contribution in [-0.2, 0) is 17.6 Å². The molecule has 0 spiro atoms. The van der Waals surface area contributed by atoms with E-state index in [1.165, 1.54) is 0 Å². The van der Waals surface area contributed by atoms with E-state index in [2.05, 4.69) is 0 Å². The second-order valence-corrected chi connectivity index (χ2v) is 6.96. The smallest absolute Gasteiger partial charge is 0.244 e. The van der Waals surface area contributed by atoms with Gasteiger partial charge in [-0.25, -0.2) is 0 Å². The first-order valence-electron chi connectivity index (χ1n) is 8.93. The second-order valence-electron chi connectivity index (χ2n) is 6.96. The van der Waals surface area contributed by atoms with Crippen molar-refractivity contribution in [3.63, 3.8) is 0 Å². The number of nitrogens with two attached hydrogens (primary N) is 1. The van der Waals surface area contributed by atoms with Gasteiger partial charge in [0.05, 0.1) is 13.2 Å². The Bertz CT molecular complexity index is 809. The van der Waals surface area contributed by atoms with Crippen LogP contribution in [0.1, 0.15) is 28.7 Å². The number of aromatic hydroxyl groups is 1. The summed E-state index contributed by atoms with van der Waals surface area (Å²) in [5.41, 5.74) is 11.3. The lowest BCUT2D eigenvalue weighted by molar-refractivity contribution is -0.119. The van der Waals surface area contributed by atoms with E-state index in [4.69, 9.17) is 10.5 Å². The Labute approximate surface area is 154 Å². The van der Waals surface area contributed by atoms with Gasteiger partial charge in [-0.2, -0.15) is 0 Å². The lowest BCUT2D eigenvalue weighted by Gasteiger charge is -2.32. The van der Waals surface area contributed by atoms with Gasteiger partial charge in [-0.1, -0.05) is 0 Å². The summed E-state index contributed by atoms with van der Waals surface area (Å²) in [7, 11) is 1.64. The molecule has 0 bridgehead atoms. The average Bonchev–Trinajstić information content (AvgIpc) is 2.62. The van der Waals surface area contributed by atoms with Crippen molar-refractivity contribution >= 4 is 11.6 Å². The van der Waals surface area contributed by atoms with Crippen molar-refractivity contribution in [1.82, 2.24) is 0 Å². The molecule has 138 valence electrons. The van der Waals surface area contributed by atoms with E-state index in [0.29, 0.717) is 13.0 Å². The number of hydrogen-bond acceptors (Lipinski definition) is 4. The number of ether oxygens (including phenoxy) is 1. The van der Waals surface area contributed by atoms with Crippen LogP contribution in [0, 0.1) is 13.8 Å². The third-order valence-electron chi connectivity index (χ3n) is 5.09. The fraction of sp³-hybridized carbons (Fsp3) is 0.381. The van der Waals surface area contributed by atoms with Gasteiger partial charge in [-0.3, -0.25) is 4.79 Å². The number of carbonyl (C=O) groups excluding carboxylic acids is 1. The van der Waals surface area contributed by atoms with Crippen molar-refractivity contribution in [2.75, 3.05) is 18.6 Å². The number of nitrogens with zero attached hydrogens (tertiary/aromatic N) is 1. The van der Waals surface area contributed by atoms with Crippen LogP contribution in [0.4, 0.5) is 5.69 Å². The summed E-state index contributed by atoms with van der Waals surface area (Å²) in [6.45, 7) is 4.54. The van der Waals surface area contributed by atoms with Crippen LogP contribution >= 0.6 is 0 Å². The van der Waals surface area contributed by atoms with E-state index in [9.17, 15) is 9.90 Å². The maximum Gasteiger partial charge on any atom is 0.244 e. The van der Waals surface area contributed by atoms with Crippen LogP contribution in [0.5, 0.6) is 11.5 Å². The lowest BCUT2D eigenvalue weighted by atomic mass is 9.94. The predicted octanol–water partition coefficient (Wildman–Crippen LogP) is 2.87. The van der Waals surface area contributed by atoms with Gasteiger partial charge in [-0.15, -0.1) is 0 Å². The van der Waals surface area contributed by atoms with Gasteiger partial charge < -0.3 is 20.5 Å². The monoisotopic (exact) mass is 354 g/mol. The Kier molecular flexibility index (Phi) is 5.18. The quantitative estimate of drug-likeness (QED) is 0.885. The number of hydrogen-bond donors (Lipinski definition) is 2. The van der Waals surface area contributed by atoms with Crippen molar-refractivity contribution in [2.45, 2.75) is 39.2 Å². The van der Waals surface area contributed by atoms with Crippen LogP contribution in [0.2, 0.25) is 0 Å². The summed E-state index contributed by atoms with van der Waals surface area (Å²) in [5.74, 6) is 0.975. The topological polar surface area (TPSA) is 75.8 Å². The Morgan fingerprint density at radius 3 is 2.62 bits per heavy atom. The number of methoxy groups -OCH3 is 1. The highest BCUT2D eigenvalue weighted by Gasteiger charge is 2.27. The zero-order chi connectivity index (χ0) is 18.8. The van der Waals surface area contributed by atoms with Gasteiger partial charge in [0.15, 0.2) is 0 Å². The third-order valence-corrected chi connectivity index (χ3v) is 5.09. The highest BCUT2D eigenvalue weighted by Crippen LogP contribution is 2.31. The molecule has 1 heterocycles. The number of benzene rings is 2. The first kappa shape index (κ1) is 18.3. The summed E-state index contributed by atoms with van der Waals surface area (Å²) >= 11 is 0. The van der Waals surface area contributed by atoms with Crippen molar-refractivity contribution in [3.05, 3.63) is 52.6 Å². The standard InChI is InChI=1S/C21H26N2O3/c1-13-9-16(24)10-14(2)18(13)12-19(22)21(25)23-8-4-5-15-11-17(26-3)6-7-20(15)23/h6-7,9-11,19,24H,4-5,8,12,22H2,1-3H3/t19-/m0/s1. The molecule has 26 heavy (non-hydrogen) atoms. The molecule has 3 rings (SSSR count). The maximum absolute atomic E-state index is 13.0. The minimum absolute atomic E-state index is 0.0667. The molecule has 2 aromatic carbocycles. The molecular weight excluding hydrogens is 328 g/mol. The Hall–Kier alpha value is -2.53. The van der Waals surface area contributed by atoms with Crippen molar-refractivity contribution < 1.29 is 14.6 Å². The van der Waals surface area contributed by atoms with E-state index < -0.39 is 6.04 Å². The van der Waals surface area contributed by atoms with E-state index in [-0.39, 0.29) is 11.7 Å². The molecule has 0 saturated heterocycles. The number of fused-ring (bicyclic) bond motifs is 1. The zero-order valence-electron chi connectivity index (χ0n) is 15.6. The third kappa shape index (κ3) is 3.53. The molecule has 5 heteroatoms. The van der Waals surface area contributed by atoms with Crippen LogP contribution in [0.25, 0.3) is 0 Å². The first-order chi connectivity index (χ1) is 12.4. The van der Waals surface area contributed by atoms with E-state index >= 15 is 0 Å². The predicted molar refractivity (Wildman–Crippen MR) is 103 cm³/mol. The largest absolute Gasteiger partial charge is 0.508 e. The second kappa shape index (κ2) is 7.38. The average molecular weight is 354 g/mol. The number of anilines is 1. The Morgan fingerprint density at radius 2 is 1.96 bits per heavy atom. The number of amides is 1. The van der Waals surface area contributed by atoms with Gasteiger partial charge >= 0.3 is 0 Å². The number of carbonyl (C=O) groups is 1. The van der Waals surface area contributed by atoms with Crippen LogP contribution < -0.4 is 15.4 Å². The van der Waals surface area contributed by atoms with E-state index in [0.717, 1.165) is 46.5 Å². The number of phenolic OH excluding ortho intramolecular Hbond substituents is 1. The van der Waals surface area contributed by atoms with Crippen LogP contribution in [-0.4, -0.2) is 30.7 Å². The van der Waals surface area contributed by atoms with Gasteiger partial charge in [0.25, 0.3) is 0 Å². The van der Waals surface area contributed by atoms with Gasteiger partial charge in [0.1, 0.15) is 11.5 Å². The fourth-order valence-corrected chi connectivity index (χ4v) is 3.73. The molecule has 0 unspecified atom stereocenters. The summed E-state index contributed by atoms with van der Waals surface area (Å²) in [6.07, 6.45) is 2.30. The molecule has 1 aliphatic heterocycles. The molecule has 1 atom stereocenters. The van der Waals surface area contributed by atoms with E-state index in [1.807, 2.05) is 32.0 Å². The maximum atomic E-state index is 13.0.